The first-order chi connectivity index (χ1) is 42.9. The van der Waals surface area contributed by atoms with Gasteiger partial charge in [-0.2, -0.15) is 0 Å². The van der Waals surface area contributed by atoms with Crippen LogP contribution in [0.1, 0.15) is 356 Å². The van der Waals surface area contributed by atoms with Crippen molar-refractivity contribution in [3.63, 3.8) is 0 Å². The number of hydrogen-bond acceptors (Lipinski definition) is 15. The van der Waals surface area contributed by atoms with E-state index in [2.05, 4.69) is 41.5 Å². The van der Waals surface area contributed by atoms with Gasteiger partial charge in [-0.1, -0.05) is 305 Å². The molecule has 17 nitrogen and oxygen atoms in total. The van der Waals surface area contributed by atoms with Crippen molar-refractivity contribution in [2.45, 2.75) is 374 Å². The first-order valence-electron chi connectivity index (χ1n) is 36.5. The maximum absolute atomic E-state index is 13.0. The molecule has 0 bridgehead atoms. The molecule has 0 aliphatic heterocycles. The van der Waals surface area contributed by atoms with Crippen molar-refractivity contribution in [3.05, 3.63) is 0 Å². The molecule has 89 heavy (non-hydrogen) atoms. The lowest BCUT2D eigenvalue weighted by Crippen LogP contribution is -2.30. The third kappa shape index (κ3) is 63.2. The molecule has 0 saturated carbocycles. The third-order valence-electron chi connectivity index (χ3n) is 16.6. The molecule has 0 aromatic heterocycles. The molecular weight excluding hydrogens is 1170 g/mol. The minimum absolute atomic E-state index is 0.106. The highest BCUT2D eigenvalue weighted by Gasteiger charge is 2.30. The average Bonchev–Trinajstić information content (AvgIpc) is 3.51. The maximum Gasteiger partial charge on any atom is 0.472 e. The molecule has 0 radical (unpaired) electrons. The van der Waals surface area contributed by atoms with Crippen LogP contribution >= 0.6 is 15.6 Å². The summed E-state index contributed by atoms with van der Waals surface area (Å²) in [5.41, 5.74) is 0. The van der Waals surface area contributed by atoms with Crippen molar-refractivity contribution in [1.82, 2.24) is 0 Å². The van der Waals surface area contributed by atoms with Crippen LogP contribution < -0.4 is 0 Å². The molecule has 0 aromatic carbocycles. The number of rotatable bonds is 69. The van der Waals surface area contributed by atoms with Gasteiger partial charge >= 0.3 is 39.5 Å². The van der Waals surface area contributed by atoms with E-state index in [0.29, 0.717) is 25.7 Å². The Morgan fingerprint density at radius 2 is 0.573 bits per heavy atom. The van der Waals surface area contributed by atoms with Crippen molar-refractivity contribution in [1.29, 1.82) is 0 Å². The fourth-order valence-corrected chi connectivity index (χ4v) is 12.1. The van der Waals surface area contributed by atoms with Crippen LogP contribution in [0.2, 0.25) is 0 Å². The van der Waals surface area contributed by atoms with Crippen LogP contribution in [-0.4, -0.2) is 96.7 Å². The van der Waals surface area contributed by atoms with Gasteiger partial charge in [0.15, 0.2) is 12.2 Å². The Labute approximate surface area is 543 Å². The zero-order valence-corrected chi connectivity index (χ0v) is 59.5. The molecule has 6 atom stereocenters. The Morgan fingerprint density at radius 3 is 0.854 bits per heavy atom. The van der Waals surface area contributed by atoms with Crippen molar-refractivity contribution < 1.29 is 80.2 Å². The summed E-state index contributed by atoms with van der Waals surface area (Å²) in [4.78, 5) is 72.5. The predicted octanol–water partition coefficient (Wildman–Crippen LogP) is 20.0. The van der Waals surface area contributed by atoms with Crippen LogP contribution in [0.5, 0.6) is 0 Å². The largest absolute Gasteiger partial charge is 0.472 e. The van der Waals surface area contributed by atoms with Crippen LogP contribution in [0.15, 0.2) is 0 Å². The highest BCUT2D eigenvalue weighted by molar-refractivity contribution is 7.47. The number of phosphoric ester groups is 2. The number of aliphatic hydroxyl groups excluding tert-OH is 1. The monoisotopic (exact) mass is 1310 g/mol. The summed E-state index contributed by atoms with van der Waals surface area (Å²) in [5, 5.41) is 10.6. The molecule has 0 fully saturated rings. The van der Waals surface area contributed by atoms with Crippen molar-refractivity contribution in [2.24, 2.45) is 11.8 Å². The van der Waals surface area contributed by atoms with Crippen LogP contribution in [0.3, 0.4) is 0 Å². The zero-order chi connectivity index (χ0) is 65.7. The Morgan fingerprint density at radius 1 is 0.326 bits per heavy atom. The van der Waals surface area contributed by atoms with E-state index in [1.807, 2.05) is 0 Å². The van der Waals surface area contributed by atoms with Crippen LogP contribution in [0.4, 0.5) is 0 Å². The third-order valence-corrected chi connectivity index (χ3v) is 18.5. The van der Waals surface area contributed by atoms with Crippen LogP contribution in [0, 0.1) is 11.8 Å². The normalized spacial score (nSPS) is 14.4. The Kier molecular flexibility index (Phi) is 60.8. The van der Waals surface area contributed by atoms with Crippen molar-refractivity contribution >= 4 is 39.5 Å². The summed E-state index contributed by atoms with van der Waals surface area (Å²) in [6.07, 6.45) is 47.0. The number of carbonyl (C=O) groups is 4. The number of carbonyl (C=O) groups excluding carboxylic acids is 4. The standard InChI is InChI=1S/C70H136O17P2/c1-7-10-12-14-16-18-20-22-27-34-40-46-52-67(72)80-58-65(87-70(75)55-49-43-37-29-25-24-26-33-39-45-51-63(6)9-3)60-84-88(76,77)82-56-64(71)57-83-89(78,79)85-61-66(59-81-68(73)53-47-41-35-31-30-32-38-44-50-62(4)5)86-69(74)54-48-42-36-28-23-21-19-17-15-13-11-8-2/h62-66,71H,7-61H2,1-6H3,(H,76,77)(H,78,79)/t63?,64-,65-,66-/m1/s1. The van der Waals surface area contributed by atoms with E-state index in [4.69, 9.17) is 37.0 Å². The zero-order valence-electron chi connectivity index (χ0n) is 57.7. The molecule has 0 aromatic rings. The summed E-state index contributed by atoms with van der Waals surface area (Å²) in [5.74, 6) is -0.593. The molecular formula is C70H136O17P2. The smallest absolute Gasteiger partial charge is 0.462 e. The van der Waals surface area contributed by atoms with E-state index >= 15 is 0 Å². The molecule has 0 amide bonds. The maximum atomic E-state index is 13.0. The summed E-state index contributed by atoms with van der Waals surface area (Å²) < 4.78 is 68.3. The number of hydrogen-bond donors (Lipinski definition) is 3. The van der Waals surface area contributed by atoms with Crippen molar-refractivity contribution in [2.75, 3.05) is 39.6 Å². The van der Waals surface area contributed by atoms with E-state index in [1.54, 1.807) is 0 Å². The van der Waals surface area contributed by atoms with E-state index < -0.39 is 97.5 Å². The second-order valence-electron chi connectivity index (χ2n) is 26.0. The summed E-state index contributed by atoms with van der Waals surface area (Å²) in [6, 6.07) is 0. The Balaban J connectivity index is 5.26. The van der Waals surface area contributed by atoms with Gasteiger partial charge in [-0.05, 0) is 37.5 Å². The number of esters is 4. The molecule has 0 aliphatic rings. The van der Waals surface area contributed by atoms with Gasteiger partial charge in [0.25, 0.3) is 0 Å². The highest BCUT2D eigenvalue weighted by Crippen LogP contribution is 2.45. The molecule has 0 rings (SSSR count). The molecule has 528 valence electrons. The summed E-state index contributed by atoms with van der Waals surface area (Å²) in [7, 11) is -9.90. The fraction of sp³-hybridized carbons (Fsp3) is 0.943. The molecule has 0 spiro atoms. The quantitative estimate of drug-likeness (QED) is 0.0222. The van der Waals surface area contributed by atoms with E-state index in [9.17, 15) is 43.2 Å². The number of unbranched alkanes of at least 4 members (excludes halogenated alkanes) is 38. The molecule has 3 N–H and O–H groups in total. The lowest BCUT2D eigenvalue weighted by molar-refractivity contribution is -0.161. The minimum atomic E-state index is -4.95. The molecule has 0 saturated heterocycles. The van der Waals surface area contributed by atoms with Gasteiger partial charge in [0, 0.05) is 25.7 Å². The topological polar surface area (TPSA) is 237 Å². The Hall–Kier alpha value is -1.94. The van der Waals surface area contributed by atoms with E-state index in [0.717, 1.165) is 102 Å². The molecule has 3 unspecified atom stereocenters. The number of ether oxygens (including phenoxy) is 4. The molecule has 0 heterocycles. The van der Waals surface area contributed by atoms with Crippen LogP contribution in [0.25, 0.3) is 0 Å². The summed E-state index contributed by atoms with van der Waals surface area (Å²) in [6.45, 7) is 9.54. The van der Waals surface area contributed by atoms with Gasteiger partial charge in [-0.15, -0.1) is 0 Å². The second kappa shape index (κ2) is 62.2. The van der Waals surface area contributed by atoms with Gasteiger partial charge in [-0.25, -0.2) is 9.13 Å². The first-order valence-corrected chi connectivity index (χ1v) is 39.5. The Bertz CT molecular complexity index is 1740. The van der Waals surface area contributed by atoms with E-state index in [-0.39, 0.29) is 25.7 Å². The van der Waals surface area contributed by atoms with Crippen LogP contribution in [-0.2, 0) is 65.4 Å². The number of phosphoric acid groups is 2. The SMILES string of the molecule is CCCCCCCCCCCCCCC(=O)OC[C@H](COP(=O)(O)OC[C@@H](O)COP(=O)(O)OC[C@@H](COC(=O)CCCCCCCCCCC(C)C)OC(=O)CCCCCCCCCCCCCC)OC(=O)CCCCCCCCCCCCC(C)CC. The first kappa shape index (κ1) is 87.1. The predicted molar refractivity (Wildman–Crippen MR) is 358 cm³/mol. The van der Waals surface area contributed by atoms with Gasteiger partial charge in [0.1, 0.15) is 19.3 Å². The number of aliphatic hydroxyl groups is 1. The lowest BCUT2D eigenvalue weighted by atomic mass is 9.99. The van der Waals surface area contributed by atoms with E-state index in [1.165, 1.54) is 173 Å². The van der Waals surface area contributed by atoms with Gasteiger partial charge in [0.05, 0.1) is 26.4 Å². The minimum Gasteiger partial charge on any atom is -0.462 e. The molecule has 19 heteroatoms. The average molecular weight is 1310 g/mol. The highest BCUT2D eigenvalue weighted by atomic mass is 31.2. The summed E-state index contributed by atoms with van der Waals surface area (Å²) >= 11 is 0. The van der Waals surface area contributed by atoms with Gasteiger partial charge in [0.2, 0.25) is 0 Å². The molecule has 0 aliphatic carbocycles. The van der Waals surface area contributed by atoms with Gasteiger partial charge < -0.3 is 33.8 Å². The second-order valence-corrected chi connectivity index (χ2v) is 28.9. The fourth-order valence-electron chi connectivity index (χ4n) is 10.6. The van der Waals surface area contributed by atoms with Gasteiger partial charge in [-0.3, -0.25) is 37.3 Å². The van der Waals surface area contributed by atoms with Crippen molar-refractivity contribution in [3.8, 4) is 0 Å². The lowest BCUT2D eigenvalue weighted by Gasteiger charge is -2.21.